The molecule has 4 rings (SSSR count). The molecule has 2 aromatic rings. The summed E-state index contributed by atoms with van der Waals surface area (Å²) in [6, 6.07) is 15.1. The van der Waals surface area contributed by atoms with Gasteiger partial charge in [-0.2, -0.15) is 0 Å². The third-order valence-electron chi connectivity index (χ3n) is 6.37. The molecule has 0 bridgehead atoms. The van der Waals surface area contributed by atoms with Crippen LogP contribution in [0.2, 0.25) is 0 Å². The van der Waals surface area contributed by atoms with E-state index in [4.69, 9.17) is 14.6 Å². The van der Waals surface area contributed by atoms with Crippen LogP contribution >= 0.6 is 0 Å². The molecule has 8 heteroatoms. The smallest absolute Gasteiger partial charge is 0.407 e. The number of aliphatic carboxylic acids is 1. The lowest BCUT2D eigenvalue weighted by Gasteiger charge is -2.26. The Balaban J connectivity index is 1.41. The van der Waals surface area contributed by atoms with E-state index in [1.54, 1.807) is 0 Å². The minimum absolute atomic E-state index is 0.0668. The van der Waals surface area contributed by atoms with Gasteiger partial charge in [0.15, 0.2) is 0 Å². The zero-order chi connectivity index (χ0) is 25.2. The van der Waals surface area contributed by atoms with E-state index in [1.807, 2.05) is 57.2 Å². The second-order valence-corrected chi connectivity index (χ2v) is 10.3. The first kappa shape index (κ1) is 24.7. The first-order valence-electron chi connectivity index (χ1n) is 11.9. The molecule has 186 valence electrons. The summed E-state index contributed by atoms with van der Waals surface area (Å²) in [5, 5.41) is 14.6. The molecule has 1 fully saturated rings. The van der Waals surface area contributed by atoms with Gasteiger partial charge in [0.05, 0.1) is 24.2 Å². The Labute approximate surface area is 205 Å². The number of alkyl carbamates (subject to hydrolysis) is 1. The average molecular weight is 481 g/mol. The molecule has 0 spiro atoms. The minimum Gasteiger partial charge on any atom is -0.481 e. The lowest BCUT2D eigenvalue weighted by Crippen LogP contribution is -2.53. The molecular weight excluding hydrogens is 448 g/mol. The van der Waals surface area contributed by atoms with Crippen LogP contribution in [0.1, 0.15) is 57.1 Å². The summed E-state index contributed by atoms with van der Waals surface area (Å²) in [6.45, 7) is 5.60. The number of carbonyl (C=O) groups is 3. The van der Waals surface area contributed by atoms with Gasteiger partial charge in [0, 0.05) is 5.92 Å². The van der Waals surface area contributed by atoms with Crippen LogP contribution in [0.15, 0.2) is 48.5 Å². The summed E-state index contributed by atoms with van der Waals surface area (Å²) in [7, 11) is 0. The Morgan fingerprint density at radius 1 is 1.03 bits per heavy atom. The lowest BCUT2D eigenvalue weighted by molar-refractivity contribution is -0.138. The van der Waals surface area contributed by atoms with Gasteiger partial charge in [-0.25, -0.2) is 4.79 Å². The number of carbonyl (C=O) groups excluding carboxylic acids is 2. The van der Waals surface area contributed by atoms with Crippen molar-refractivity contribution in [3.8, 4) is 11.1 Å². The van der Waals surface area contributed by atoms with Crippen LogP contribution in [0.5, 0.6) is 0 Å². The van der Waals surface area contributed by atoms with Crippen LogP contribution in [0.4, 0.5) is 4.79 Å². The molecule has 1 atom stereocenters. The normalized spacial score (nSPS) is 16.5. The Morgan fingerprint density at radius 2 is 1.60 bits per heavy atom. The SMILES string of the molecule is CC(C)(C)OC[C@H](NC(=O)OCC1c2ccccc2-c2ccccc21)C(=O)NC1(CC(=O)O)CC1. The van der Waals surface area contributed by atoms with Crippen molar-refractivity contribution in [3.05, 3.63) is 59.7 Å². The molecule has 3 N–H and O–H groups in total. The molecule has 0 aromatic heterocycles. The van der Waals surface area contributed by atoms with E-state index >= 15 is 0 Å². The van der Waals surface area contributed by atoms with Gasteiger partial charge in [-0.15, -0.1) is 0 Å². The number of amides is 2. The molecule has 35 heavy (non-hydrogen) atoms. The third-order valence-corrected chi connectivity index (χ3v) is 6.37. The van der Waals surface area contributed by atoms with E-state index in [0.717, 1.165) is 22.3 Å². The van der Waals surface area contributed by atoms with E-state index < -0.39 is 35.2 Å². The van der Waals surface area contributed by atoms with Gasteiger partial charge in [0.1, 0.15) is 12.6 Å². The summed E-state index contributed by atoms with van der Waals surface area (Å²) >= 11 is 0. The maximum Gasteiger partial charge on any atom is 0.407 e. The molecule has 0 unspecified atom stereocenters. The van der Waals surface area contributed by atoms with E-state index in [9.17, 15) is 14.4 Å². The number of rotatable bonds is 9. The minimum atomic E-state index is -1.02. The second-order valence-electron chi connectivity index (χ2n) is 10.3. The standard InChI is InChI=1S/C27H32N2O6/c1-26(2,3)35-16-22(24(32)29-27(12-13-27)14-23(30)31)28-25(33)34-15-21-19-10-6-4-8-17(19)18-9-5-7-11-20(18)21/h4-11,21-22H,12-16H2,1-3H3,(H,28,33)(H,29,32)(H,30,31)/t22-/m0/s1. The van der Waals surface area contributed by atoms with Crippen LogP contribution in [0, 0.1) is 0 Å². The third kappa shape index (κ3) is 6.00. The quantitative estimate of drug-likeness (QED) is 0.503. The lowest BCUT2D eigenvalue weighted by atomic mass is 9.98. The monoisotopic (exact) mass is 480 g/mol. The van der Waals surface area contributed by atoms with E-state index in [0.29, 0.717) is 12.8 Å². The number of carboxylic acids is 1. The van der Waals surface area contributed by atoms with Crippen molar-refractivity contribution in [2.45, 2.75) is 63.1 Å². The Hall–Kier alpha value is -3.39. The zero-order valence-electron chi connectivity index (χ0n) is 20.3. The maximum absolute atomic E-state index is 13.0. The van der Waals surface area contributed by atoms with Gasteiger partial charge in [-0.3, -0.25) is 9.59 Å². The van der Waals surface area contributed by atoms with Gasteiger partial charge in [0.25, 0.3) is 0 Å². The molecule has 1 saturated carbocycles. The fraction of sp³-hybridized carbons (Fsp3) is 0.444. The maximum atomic E-state index is 13.0. The van der Waals surface area contributed by atoms with Crippen molar-refractivity contribution in [2.24, 2.45) is 0 Å². The van der Waals surface area contributed by atoms with Gasteiger partial charge in [-0.1, -0.05) is 48.5 Å². The summed E-state index contributed by atoms with van der Waals surface area (Å²) in [6.07, 6.45) is 0.287. The van der Waals surface area contributed by atoms with Crippen LogP contribution in [-0.4, -0.2) is 53.5 Å². The van der Waals surface area contributed by atoms with E-state index in [1.165, 1.54) is 0 Å². The fourth-order valence-corrected chi connectivity index (χ4v) is 4.43. The molecule has 2 aliphatic carbocycles. The van der Waals surface area contributed by atoms with Crippen molar-refractivity contribution in [1.29, 1.82) is 0 Å². The van der Waals surface area contributed by atoms with Gasteiger partial charge in [-0.05, 0) is 55.9 Å². The number of hydrogen-bond acceptors (Lipinski definition) is 5. The zero-order valence-corrected chi connectivity index (χ0v) is 20.3. The average Bonchev–Trinajstić information content (AvgIpc) is 3.45. The highest BCUT2D eigenvalue weighted by Gasteiger charge is 2.47. The van der Waals surface area contributed by atoms with Crippen molar-refractivity contribution in [3.63, 3.8) is 0 Å². The predicted molar refractivity (Wildman–Crippen MR) is 130 cm³/mol. The number of ether oxygens (including phenoxy) is 2. The second kappa shape index (κ2) is 9.70. The summed E-state index contributed by atoms with van der Waals surface area (Å²) in [5.74, 6) is -1.56. The predicted octanol–water partition coefficient (Wildman–Crippen LogP) is 3.83. The molecule has 0 aliphatic heterocycles. The van der Waals surface area contributed by atoms with Crippen LogP contribution in [-0.2, 0) is 19.1 Å². The topological polar surface area (TPSA) is 114 Å². The molecular formula is C27H32N2O6. The van der Waals surface area contributed by atoms with Gasteiger partial charge < -0.3 is 25.2 Å². The van der Waals surface area contributed by atoms with Crippen LogP contribution in [0.25, 0.3) is 11.1 Å². The van der Waals surface area contributed by atoms with Gasteiger partial charge in [0.2, 0.25) is 5.91 Å². The van der Waals surface area contributed by atoms with Crippen LogP contribution < -0.4 is 10.6 Å². The first-order valence-corrected chi connectivity index (χ1v) is 11.9. The number of nitrogens with one attached hydrogen (secondary N) is 2. The first-order chi connectivity index (χ1) is 16.6. The Morgan fingerprint density at radius 3 is 2.11 bits per heavy atom. The van der Waals surface area contributed by atoms with Gasteiger partial charge >= 0.3 is 12.1 Å². The molecule has 8 nitrogen and oxygen atoms in total. The Kier molecular flexibility index (Phi) is 6.85. The summed E-state index contributed by atoms with van der Waals surface area (Å²) in [5.41, 5.74) is 3.15. The highest BCUT2D eigenvalue weighted by Crippen LogP contribution is 2.44. The Bertz CT molecular complexity index is 1070. The largest absolute Gasteiger partial charge is 0.481 e. The molecule has 0 saturated heterocycles. The number of fused-ring (bicyclic) bond motifs is 3. The van der Waals surface area contributed by atoms with Crippen molar-refractivity contribution >= 4 is 18.0 Å². The van der Waals surface area contributed by atoms with Crippen molar-refractivity contribution in [1.82, 2.24) is 10.6 Å². The highest BCUT2D eigenvalue weighted by atomic mass is 16.5. The van der Waals surface area contributed by atoms with Crippen molar-refractivity contribution < 1.29 is 29.0 Å². The molecule has 0 heterocycles. The molecule has 0 radical (unpaired) electrons. The molecule has 2 aliphatic rings. The highest BCUT2D eigenvalue weighted by molar-refractivity contribution is 5.87. The van der Waals surface area contributed by atoms with E-state index in [2.05, 4.69) is 22.8 Å². The molecule has 2 amide bonds. The van der Waals surface area contributed by atoms with Crippen molar-refractivity contribution in [2.75, 3.05) is 13.2 Å². The number of benzene rings is 2. The molecule has 2 aromatic carbocycles. The van der Waals surface area contributed by atoms with E-state index in [-0.39, 0.29) is 25.6 Å². The number of carboxylic acid groups (broad SMARTS) is 1. The van der Waals surface area contributed by atoms with Crippen LogP contribution in [0.3, 0.4) is 0 Å². The summed E-state index contributed by atoms with van der Waals surface area (Å²) in [4.78, 5) is 36.9. The number of hydrogen-bond donors (Lipinski definition) is 3. The summed E-state index contributed by atoms with van der Waals surface area (Å²) < 4.78 is 11.3. The fourth-order valence-electron chi connectivity index (χ4n) is 4.43.